The van der Waals surface area contributed by atoms with Gasteiger partial charge in [-0.25, -0.2) is 8.78 Å². The summed E-state index contributed by atoms with van der Waals surface area (Å²) in [5, 5.41) is 12.1. The maximum absolute atomic E-state index is 15.3. The zero-order chi connectivity index (χ0) is 27.5. The van der Waals surface area contributed by atoms with Crippen LogP contribution in [0.5, 0.6) is 0 Å². The fourth-order valence-electron chi connectivity index (χ4n) is 5.55. The van der Waals surface area contributed by atoms with Gasteiger partial charge in [0.15, 0.2) is 17.2 Å². The number of carboxylic acid groups (broad SMARTS) is 1. The number of halogens is 2. The third kappa shape index (κ3) is 6.45. The Labute approximate surface area is 225 Å². The molecule has 8 nitrogen and oxygen atoms in total. The maximum Gasteiger partial charge on any atom is 0.306 e. The van der Waals surface area contributed by atoms with Gasteiger partial charge in [0.05, 0.1) is 25.2 Å². The minimum absolute atomic E-state index is 0.0393. The number of benzene rings is 2. The van der Waals surface area contributed by atoms with Gasteiger partial charge in [-0.05, 0) is 81.3 Å². The summed E-state index contributed by atoms with van der Waals surface area (Å²) in [5.41, 5.74) is 1.73. The molecule has 0 unspecified atom stereocenters. The van der Waals surface area contributed by atoms with Crippen LogP contribution in [0.4, 0.5) is 20.5 Å². The van der Waals surface area contributed by atoms with E-state index in [2.05, 4.69) is 15.2 Å². The summed E-state index contributed by atoms with van der Waals surface area (Å²) in [5.74, 6) is -2.15. The molecule has 1 saturated carbocycles. The summed E-state index contributed by atoms with van der Waals surface area (Å²) < 4.78 is 40.6. The fraction of sp³-hybridized carbons (Fsp3) is 0.483. The van der Waals surface area contributed by atoms with Gasteiger partial charge in [-0.3, -0.25) is 14.5 Å². The second-order valence-corrected chi connectivity index (χ2v) is 10.6. The van der Waals surface area contributed by atoms with Gasteiger partial charge in [-0.2, -0.15) is 4.98 Å². The number of hydrogen-bond acceptors (Lipinski definition) is 7. The molecule has 1 aromatic heterocycles. The Morgan fingerprint density at radius 2 is 1.95 bits per heavy atom. The van der Waals surface area contributed by atoms with Crippen LogP contribution in [-0.4, -0.2) is 58.6 Å². The molecular weight excluding hydrogens is 508 g/mol. The minimum atomic E-state index is -0.733. The first-order chi connectivity index (χ1) is 18.8. The number of oxazole rings is 1. The van der Waals surface area contributed by atoms with Gasteiger partial charge in [0.2, 0.25) is 0 Å². The van der Waals surface area contributed by atoms with Crippen molar-refractivity contribution in [3.63, 3.8) is 0 Å². The molecule has 2 fully saturated rings. The maximum atomic E-state index is 15.3. The van der Waals surface area contributed by atoms with Crippen LogP contribution in [-0.2, 0) is 20.7 Å². The Balaban J connectivity index is 1.17. The van der Waals surface area contributed by atoms with Crippen molar-refractivity contribution in [3.8, 4) is 0 Å². The number of nitrogens with zero attached hydrogens (tertiary/aromatic N) is 2. The van der Waals surface area contributed by atoms with Crippen molar-refractivity contribution >= 4 is 34.6 Å². The van der Waals surface area contributed by atoms with Crippen LogP contribution in [0.2, 0.25) is 0 Å². The number of fused-ring (bicyclic) bond motifs is 1. The molecular formula is C29H33F2N3O5. The third-order valence-electron chi connectivity index (χ3n) is 7.83. The number of anilines is 2. The van der Waals surface area contributed by atoms with Crippen LogP contribution in [0.15, 0.2) is 34.7 Å². The van der Waals surface area contributed by atoms with Crippen LogP contribution in [0.25, 0.3) is 11.1 Å². The molecule has 2 heterocycles. The first kappa shape index (κ1) is 27.2. The highest BCUT2D eigenvalue weighted by Crippen LogP contribution is 2.29. The van der Waals surface area contributed by atoms with E-state index in [1.165, 1.54) is 12.1 Å². The standard InChI is InChI=1S/C29H33F2N3O5/c1-17-4-8-20(30)14-25(17)33-29-32-24-11-7-19(26(31)27(24)39-29)13-22(35)15-34-12-2-3-21(34)16-38-23-9-5-18(6-10-23)28(36)37/h4,7-8,11,14,18,21,23H,2-3,5-6,9-10,12-13,15-16H2,1H3,(H,32,33)(H,36,37)/t18?,21-,23?/m0/s1. The lowest BCUT2D eigenvalue weighted by molar-refractivity contribution is -0.143. The van der Waals surface area contributed by atoms with Gasteiger partial charge in [-0.15, -0.1) is 0 Å². The van der Waals surface area contributed by atoms with E-state index < -0.39 is 17.6 Å². The third-order valence-corrected chi connectivity index (χ3v) is 7.83. The molecule has 10 heteroatoms. The van der Waals surface area contributed by atoms with Crippen molar-refractivity contribution in [3.05, 3.63) is 53.1 Å². The van der Waals surface area contributed by atoms with E-state index in [4.69, 9.17) is 14.3 Å². The number of likely N-dealkylation sites (tertiary alicyclic amines) is 1. The van der Waals surface area contributed by atoms with E-state index in [-0.39, 0.29) is 54.0 Å². The van der Waals surface area contributed by atoms with Crippen LogP contribution in [0.3, 0.4) is 0 Å². The summed E-state index contributed by atoms with van der Waals surface area (Å²) in [6.07, 6.45) is 4.63. The van der Waals surface area contributed by atoms with E-state index in [9.17, 15) is 14.0 Å². The van der Waals surface area contributed by atoms with Crippen molar-refractivity contribution in [2.75, 3.05) is 25.0 Å². The molecule has 1 aliphatic heterocycles. The number of aryl methyl sites for hydroxylation is 1. The van der Waals surface area contributed by atoms with E-state index in [0.29, 0.717) is 30.7 Å². The SMILES string of the molecule is Cc1ccc(F)cc1Nc1nc2ccc(CC(=O)CN3CCC[C@H]3COC3CCC(C(=O)O)CC3)c(F)c2o1. The smallest absolute Gasteiger partial charge is 0.306 e. The molecule has 3 aromatic rings. The summed E-state index contributed by atoms with van der Waals surface area (Å²) in [6, 6.07) is 7.60. The lowest BCUT2D eigenvalue weighted by Gasteiger charge is -2.29. The molecule has 2 aromatic carbocycles. The quantitative estimate of drug-likeness (QED) is 0.352. The molecule has 39 heavy (non-hydrogen) atoms. The van der Waals surface area contributed by atoms with Crippen LogP contribution in [0.1, 0.15) is 49.7 Å². The van der Waals surface area contributed by atoms with Crippen molar-refractivity contribution in [1.82, 2.24) is 9.88 Å². The predicted octanol–water partition coefficient (Wildman–Crippen LogP) is 5.39. The lowest BCUT2D eigenvalue weighted by atomic mass is 9.87. The van der Waals surface area contributed by atoms with Gasteiger partial charge >= 0.3 is 5.97 Å². The second-order valence-electron chi connectivity index (χ2n) is 10.6. The number of carbonyl (C=O) groups is 2. The van der Waals surface area contributed by atoms with Gasteiger partial charge in [0.1, 0.15) is 11.3 Å². The number of hydrogen-bond donors (Lipinski definition) is 2. The zero-order valence-electron chi connectivity index (χ0n) is 21.9. The molecule has 0 spiro atoms. The first-order valence-electron chi connectivity index (χ1n) is 13.5. The number of aromatic nitrogens is 1. The average molecular weight is 542 g/mol. The monoisotopic (exact) mass is 541 g/mol. The molecule has 1 atom stereocenters. The normalized spacial score (nSPS) is 21.9. The number of ketones is 1. The largest absolute Gasteiger partial charge is 0.481 e. The summed E-state index contributed by atoms with van der Waals surface area (Å²) in [6.45, 7) is 3.30. The topological polar surface area (TPSA) is 105 Å². The number of carbonyl (C=O) groups excluding carboxylic acids is 1. The highest BCUT2D eigenvalue weighted by atomic mass is 19.1. The Kier molecular flexibility index (Phi) is 8.23. The van der Waals surface area contributed by atoms with E-state index in [1.807, 2.05) is 0 Å². The Morgan fingerprint density at radius 3 is 2.72 bits per heavy atom. The van der Waals surface area contributed by atoms with Gasteiger partial charge in [0, 0.05) is 18.2 Å². The molecule has 2 N–H and O–H groups in total. The summed E-state index contributed by atoms with van der Waals surface area (Å²) in [4.78, 5) is 30.4. The lowest BCUT2D eigenvalue weighted by Crippen LogP contribution is -2.39. The highest BCUT2D eigenvalue weighted by molar-refractivity contribution is 5.85. The zero-order valence-corrected chi connectivity index (χ0v) is 21.9. The number of nitrogens with one attached hydrogen (secondary N) is 1. The molecule has 208 valence electrons. The minimum Gasteiger partial charge on any atom is -0.481 e. The number of rotatable bonds is 10. The highest BCUT2D eigenvalue weighted by Gasteiger charge is 2.30. The summed E-state index contributed by atoms with van der Waals surface area (Å²) in [7, 11) is 0. The molecule has 0 bridgehead atoms. The van der Waals surface area contributed by atoms with Crippen molar-refractivity contribution in [2.45, 2.75) is 64.0 Å². The van der Waals surface area contributed by atoms with E-state index in [0.717, 1.165) is 37.8 Å². The Hall–Kier alpha value is -3.37. The van der Waals surface area contributed by atoms with E-state index >= 15 is 4.39 Å². The first-order valence-corrected chi connectivity index (χ1v) is 13.5. The number of ether oxygens (including phenoxy) is 1. The number of aliphatic carboxylic acids is 1. The molecule has 0 amide bonds. The number of carboxylic acids is 1. The Morgan fingerprint density at radius 1 is 1.15 bits per heavy atom. The van der Waals surface area contributed by atoms with Crippen LogP contribution in [0, 0.1) is 24.5 Å². The molecule has 5 rings (SSSR count). The van der Waals surface area contributed by atoms with Crippen molar-refractivity contribution < 1.29 is 32.6 Å². The van der Waals surface area contributed by atoms with Crippen molar-refractivity contribution in [2.24, 2.45) is 5.92 Å². The average Bonchev–Trinajstić information content (AvgIpc) is 3.53. The van der Waals surface area contributed by atoms with Crippen LogP contribution >= 0.6 is 0 Å². The number of Topliss-reactive ketones (excluding diaryl/α,β-unsaturated/α-hetero) is 1. The molecule has 2 aliphatic rings. The van der Waals surface area contributed by atoms with Gasteiger partial charge in [-0.1, -0.05) is 12.1 Å². The fourth-order valence-corrected chi connectivity index (χ4v) is 5.55. The van der Waals surface area contributed by atoms with Gasteiger partial charge in [0.25, 0.3) is 6.01 Å². The molecule has 1 saturated heterocycles. The molecule has 0 radical (unpaired) electrons. The predicted molar refractivity (Wildman–Crippen MR) is 141 cm³/mol. The van der Waals surface area contributed by atoms with Gasteiger partial charge < -0.3 is 19.6 Å². The summed E-state index contributed by atoms with van der Waals surface area (Å²) >= 11 is 0. The van der Waals surface area contributed by atoms with E-state index in [1.54, 1.807) is 25.1 Å². The Bertz CT molecular complexity index is 1350. The second kappa shape index (κ2) is 11.8. The van der Waals surface area contributed by atoms with Crippen LogP contribution < -0.4 is 5.32 Å². The van der Waals surface area contributed by atoms with Crippen molar-refractivity contribution in [1.29, 1.82) is 0 Å². The molecule has 1 aliphatic carbocycles.